The Morgan fingerprint density at radius 2 is 1.56 bits per heavy atom. The van der Waals surface area contributed by atoms with Gasteiger partial charge in [0.25, 0.3) is 0 Å². The first-order valence-corrected chi connectivity index (χ1v) is 7.23. The monoisotopic (exact) mass is 342 g/mol. The maximum Gasteiger partial charge on any atom is 0.332 e. The van der Waals surface area contributed by atoms with Crippen molar-refractivity contribution >= 4 is 11.2 Å². The Hall–Kier alpha value is -3.42. The lowest BCUT2D eigenvalue weighted by atomic mass is 10.1. The minimum absolute atomic E-state index is 0.0535. The first-order valence-electron chi connectivity index (χ1n) is 7.23. The van der Waals surface area contributed by atoms with E-state index in [0.717, 1.165) is 23.0 Å². The van der Waals surface area contributed by atoms with Crippen LogP contribution in [-0.4, -0.2) is 19.5 Å². The molecule has 5 nitrogen and oxygen atoms in total. The van der Waals surface area contributed by atoms with Crippen LogP contribution in [0.25, 0.3) is 28.1 Å². The Bertz CT molecular complexity index is 1150. The van der Waals surface area contributed by atoms with Gasteiger partial charge < -0.3 is 4.98 Å². The van der Waals surface area contributed by atoms with Crippen LogP contribution >= 0.6 is 0 Å². The maximum atomic E-state index is 14.1. The van der Waals surface area contributed by atoms with E-state index in [0.29, 0.717) is 0 Å². The Balaban J connectivity index is 2.08. The van der Waals surface area contributed by atoms with E-state index in [4.69, 9.17) is 0 Å². The molecule has 0 aliphatic rings. The van der Waals surface area contributed by atoms with Crippen LogP contribution in [0.4, 0.5) is 13.2 Å². The quantitative estimate of drug-likeness (QED) is 0.608. The van der Waals surface area contributed by atoms with Crippen molar-refractivity contribution in [3.8, 4) is 16.9 Å². The van der Waals surface area contributed by atoms with Crippen molar-refractivity contribution in [2.45, 2.75) is 0 Å². The molecule has 0 fully saturated rings. The normalized spacial score (nSPS) is 11.2. The number of hydrogen-bond donors (Lipinski definition) is 1. The van der Waals surface area contributed by atoms with Gasteiger partial charge in [0.05, 0.1) is 0 Å². The molecular formula is C17H9F3N4O. The zero-order valence-electron chi connectivity index (χ0n) is 12.5. The average molecular weight is 342 g/mol. The molecule has 0 aliphatic heterocycles. The highest BCUT2D eigenvalue weighted by molar-refractivity contribution is 5.88. The summed E-state index contributed by atoms with van der Waals surface area (Å²) in [5, 5.41) is 0. The van der Waals surface area contributed by atoms with Crippen LogP contribution in [0.15, 0.2) is 53.6 Å². The third kappa shape index (κ3) is 2.30. The summed E-state index contributed by atoms with van der Waals surface area (Å²) in [6, 6.07) is 9.10. The number of nitrogens with one attached hydrogen (secondary N) is 1. The van der Waals surface area contributed by atoms with Crippen LogP contribution in [0.1, 0.15) is 0 Å². The Morgan fingerprint density at radius 1 is 0.880 bits per heavy atom. The van der Waals surface area contributed by atoms with Crippen molar-refractivity contribution in [2.24, 2.45) is 0 Å². The molecule has 2 aromatic carbocycles. The lowest BCUT2D eigenvalue weighted by Gasteiger charge is -2.06. The number of aromatic amines is 1. The summed E-state index contributed by atoms with van der Waals surface area (Å²) < 4.78 is 43.0. The highest BCUT2D eigenvalue weighted by Gasteiger charge is 2.21. The largest absolute Gasteiger partial charge is 0.332 e. The van der Waals surface area contributed by atoms with Gasteiger partial charge in [-0.25, -0.2) is 32.5 Å². The molecule has 1 N–H and O–H groups in total. The predicted molar refractivity (Wildman–Crippen MR) is 84.8 cm³/mol. The SMILES string of the molecule is O=c1[nH]c2c(-c3ccccc3F)ncnc2n1-c1c(F)cccc1F. The van der Waals surface area contributed by atoms with Gasteiger partial charge in [-0.05, 0) is 24.3 Å². The molecule has 0 atom stereocenters. The number of halogens is 3. The molecule has 0 spiro atoms. The fraction of sp³-hybridized carbons (Fsp3) is 0. The number of imidazole rings is 1. The molecule has 0 saturated heterocycles. The van der Waals surface area contributed by atoms with Gasteiger partial charge in [0.2, 0.25) is 0 Å². The van der Waals surface area contributed by atoms with Gasteiger partial charge in [0.15, 0.2) is 5.65 Å². The summed E-state index contributed by atoms with van der Waals surface area (Å²) in [5.74, 6) is -2.39. The number of para-hydroxylation sites is 1. The maximum absolute atomic E-state index is 14.1. The van der Waals surface area contributed by atoms with Crippen LogP contribution in [0.5, 0.6) is 0 Å². The van der Waals surface area contributed by atoms with Crippen LogP contribution < -0.4 is 5.69 Å². The van der Waals surface area contributed by atoms with Crippen LogP contribution in [0.2, 0.25) is 0 Å². The van der Waals surface area contributed by atoms with Crippen molar-refractivity contribution in [1.29, 1.82) is 0 Å². The second kappa shape index (κ2) is 5.59. The van der Waals surface area contributed by atoms with Gasteiger partial charge in [-0.3, -0.25) is 0 Å². The van der Waals surface area contributed by atoms with Gasteiger partial charge in [-0.1, -0.05) is 18.2 Å². The van der Waals surface area contributed by atoms with Crippen molar-refractivity contribution in [3.63, 3.8) is 0 Å². The lowest BCUT2D eigenvalue weighted by Crippen LogP contribution is -2.17. The summed E-state index contributed by atoms with van der Waals surface area (Å²) in [6.45, 7) is 0. The summed E-state index contributed by atoms with van der Waals surface area (Å²) in [5.41, 5.74) is -1.08. The second-order valence-corrected chi connectivity index (χ2v) is 5.24. The summed E-state index contributed by atoms with van der Waals surface area (Å²) >= 11 is 0. The topological polar surface area (TPSA) is 63.6 Å². The number of hydrogen-bond acceptors (Lipinski definition) is 3. The van der Waals surface area contributed by atoms with E-state index in [1.165, 1.54) is 24.3 Å². The van der Waals surface area contributed by atoms with E-state index >= 15 is 0 Å². The Kier molecular flexibility index (Phi) is 3.38. The summed E-state index contributed by atoms with van der Waals surface area (Å²) in [6.07, 6.45) is 1.10. The third-order valence-electron chi connectivity index (χ3n) is 3.76. The van der Waals surface area contributed by atoms with Gasteiger partial charge in [-0.2, -0.15) is 0 Å². The molecule has 0 saturated carbocycles. The smallest absolute Gasteiger partial charge is 0.302 e. The fourth-order valence-electron chi connectivity index (χ4n) is 2.69. The number of H-pyrrole nitrogens is 1. The molecule has 0 bridgehead atoms. The highest BCUT2D eigenvalue weighted by Crippen LogP contribution is 2.27. The Morgan fingerprint density at radius 3 is 2.28 bits per heavy atom. The van der Waals surface area contributed by atoms with Gasteiger partial charge >= 0.3 is 5.69 Å². The van der Waals surface area contributed by atoms with Gasteiger partial charge in [0, 0.05) is 5.56 Å². The van der Waals surface area contributed by atoms with E-state index in [1.807, 2.05) is 0 Å². The van der Waals surface area contributed by atoms with E-state index in [2.05, 4.69) is 15.0 Å². The number of fused-ring (bicyclic) bond motifs is 1. The van der Waals surface area contributed by atoms with Crippen molar-refractivity contribution < 1.29 is 13.2 Å². The zero-order chi connectivity index (χ0) is 17.6. The third-order valence-corrected chi connectivity index (χ3v) is 3.76. The molecule has 25 heavy (non-hydrogen) atoms. The van der Waals surface area contributed by atoms with E-state index < -0.39 is 28.8 Å². The molecular weight excluding hydrogens is 333 g/mol. The molecule has 8 heteroatoms. The molecule has 2 heterocycles. The summed E-state index contributed by atoms with van der Waals surface area (Å²) in [4.78, 5) is 22.7. The van der Waals surface area contributed by atoms with Crippen molar-refractivity contribution in [3.05, 3.63) is 76.7 Å². The van der Waals surface area contributed by atoms with Crippen LogP contribution in [0, 0.1) is 17.5 Å². The van der Waals surface area contributed by atoms with Crippen LogP contribution in [-0.2, 0) is 0 Å². The van der Waals surface area contributed by atoms with Gasteiger partial charge in [0.1, 0.15) is 40.7 Å². The molecule has 0 radical (unpaired) electrons. The molecule has 0 aliphatic carbocycles. The average Bonchev–Trinajstić information content (AvgIpc) is 2.92. The fourth-order valence-corrected chi connectivity index (χ4v) is 2.69. The molecule has 0 amide bonds. The van der Waals surface area contributed by atoms with Crippen molar-refractivity contribution in [1.82, 2.24) is 19.5 Å². The molecule has 4 aromatic rings. The number of aromatic nitrogens is 4. The zero-order valence-corrected chi connectivity index (χ0v) is 12.5. The molecule has 4 rings (SSSR count). The highest BCUT2D eigenvalue weighted by atomic mass is 19.1. The van der Waals surface area contributed by atoms with E-state index in [-0.39, 0.29) is 22.4 Å². The number of benzene rings is 2. The molecule has 0 unspecified atom stereocenters. The standard InChI is InChI=1S/C17H9F3N4O/c18-10-5-2-1-4-9(10)13-14-16(22-8-21-13)24(17(25)23-14)15-11(19)6-3-7-12(15)20/h1-8H,(H,23,25). The minimum atomic E-state index is -0.922. The molecule has 124 valence electrons. The van der Waals surface area contributed by atoms with Crippen LogP contribution in [0.3, 0.4) is 0 Å². The first kappa shape index (κ1) is 15.1. The van der Waals surface area contributed by atoms with Crippen molar-refractivity contribution in [2.75, 3.05) is 0 Å². The number of nitrogens with zero attached hydrogens (tertiary/aromatic N) is 3. The van der Waals surface area contributed by atoms with E-state index in [1.54, 1.807) is 6.07 Å². The number of rotatable bonds is 2. The first-order chi connectivity index (χ1) is 12.1. The molecule has 2 aromatic heterocycles. The van der Waals surface area contributed by atoms with E-state index in [9.17, 15) is 18.0 Å². The minimum Gasteiger partial charge on any atom is -0.302 e. The lowest BCUT2D eigenvalue weighted by molar-refractivity contribution is 0.568. The van der Waals surface area contributed by atoms with Gasteiger partial charge in [-0.15, -0.1) is 0 Å². The predicted octanol–water partition coefficient (Wildman–Crippen LogP) is 3.19. The summed E-state index contributed by atoms with van der Waals surface area (Å²) in [7, 11) is 0. The Labute approximate surface area is 138 Å². The second-order valence-electron chi connectivity index (χ2n) is 5.24.